The first-order valence-corrected chi connectivity index (χ1v) is 9.56. The van der Waals surface area contributed by atoms with Gasteiger partial charge < -0.3 is 19.3 Å². The van der Waals surface area contributed by atoms with Crippen molar-refractivity contribution in [2.24, 2.45) is 0 Å². The van der Waals surface area contributed by atoms with Crippen molar-refractivity contribution >= 4 is 0 Å². The van der Waals surface area contributed by atoms with E-state index in [1.54, 1.807) is 14.2 Å². The van der Waals surface area contributed by atoms with Crippen molar-refractivity contribution in [3.05, 3.63) is 34.9 Å². The summed E-state index contributed by atoms with van der Waals surface area (Å²) in [6.45, 7) is 3.75. The van der Waals surface area contributed by atoms with E-state index < -0.39 is 0 Å². The van der Waals surface area contributed by atoms with Gasteiger partial charge in [0.25, 0.3) is 0 Å². The molecule has 144 valence electrons. The third kappa shape index (κ3) is 2.72. The number of rotatable bonds is 5. The quantitative estimate of drug-likeness (QED) is 0.865. The van der Waals surface area contributed by atoms with Gasteiger partial charge in [-0.3, -0.25) is 4.90 Å². The van der Waals surface area contributed by atoms with Crippen LogP contribution in [0.25, 0.3) is 11.1 Å². The molecular weight excluding hydrogens is 342 g/mol. The van der Waals surface area contributed by atoms with Gasteiger partial charge in [-0.1, -0.05) is 13.0 Å². The second kappa shape index (κ2) is 6.97. The van der Waals surface area contributed by atoms with E-state index in [-0.39, 0.29) is 11.8 Å². The summed E-state index contributed by atoms with van der Waals surface area (Å²) < 4.78 is 17.2. The number of likely N-dealkylation sites (N-methyl/N-ethyl adjacent to an activating group) is 1. The van der Waals surface area contributed by atoms with Gasteiger partial charge in [-0.2, -0.15) is 0 Å². The Balaban J connectivity index is 2.00. The summed E-state index contributed by atoms with van der Waals surface area (Å²) in [5.74, 6) is 2.29. The minimum atomic E-state index is 0.202. The molecule has 4 rings (SSSR count). The molecule has 0 radical (unpaired) electrons. The molecule has 0 saturated carbocycles. The van der Waals surface area contributed by atoms with E-state index in [1.165, 1.54) is 11.1 Å². The highest BCUT2D eigenvalue weighted by Crippen LogP contribution is 2.54. The van der Waals surface area contributed by atoms with Crippen molar-refractivity contribution in [3.63, 3.8) is 0 Å². The molecule has 27 heavy (non-hydrogen) atoms. The summed E-state index contributed by atoms with van der Waals surface area (Å²) in [6, 6.07) is 6.21. The molecule has 5 heteroatoms. The van der Waals surface area contributed by atoms with E-state index in [2.05, 4.69) is 24.9 Å². The Morgan fingerprint density at radius 2 is 1.96 bits per heavy atom. The van der Waals surface area contributed by atoms with Gasteiger partial charge in [0.15, 0.2) is 23.0 Å². The zero-order valence-electron chi connectivity index (χ0n) is 16.5. The lowest BCUT2D eigenvalue weighted by atomic mass is 9.76. The number of hydrogen-bond donors (Lipinski definition) is 1. The number of methoxy groups -OCH3 is 2. The molecule has 0 spiro atoms. The van der Waals surface area contributed by atoms with Gasteiger partial charge in [-0.15, -0.1) is 0 Å². The molecule has 0 saturated heterocycles. The van der Waals surface area contributed by atoms with E-state index in [9.17, 15) is 5.11 Å². The standard InChI is InChI=1S/C22H27NO4/c1-5-10-27-22-14-8-9-23(2)16-11-13-6-7-17(25-3)21(24)19(13)15(20(14)16)12-18(22)26-4/h6-7,12,16,24H,5,8-11H2,1-4H3/t16-/m1/s1. The lowest BCUT2D eigenvalue weighted by molar-refractivity contribution is 0.220. The fourth-order valence-electron chi connectivity index (χ4n) is 4.44. The number of phenolic OH excluding ortho intramolecular Hbond substituents is 1. The highest BCUT2D eigenvalue weighted by molar-refractivity contribution is 5.84. The zero-order valence-corrected chi connectivity index (χ0v) is 16.5. The van der Waals surface area contributed by atoms with Crippen LogP contribution in [0.2, 0.25) is 0 Å². The molecule has 2 aromatic carbocycles. The maximum absolute atomic E-state index is 10.9. The molecule has 5 nitrogen and oxygen atoms in total. The minimum absolute atomic E-state index is 0.202. The van der Waals surface area contributed by atoms with Crippen LogP contribution in [0.1, 0.15) is 36.1 Å². The van der Waals surface area contributed by atoms with E-state index in [1.807, 2.05) is 12.1 Å². The van der Waals surface area contributed by atoms with Crippen LogP contribution in [0, 0.1) is 0 Å². The van der Waals surface area contributed by atoms with Crippen molar-refractivity contribution in [1.29, 1.82) is 0 Å². The van der Waals surface area contributed by atoms with Crippen LogP contribution in [0.15, 0.2) is 18.2 Å². The van der Waals surface area contributed by atoms with Crippen molar-refractivity contribution in [2.75, 3.05) is 34.4 Å². The Labute approximate surface area is 160 Å². The molecule has 0 bridgehead atoms. The summed E-state index contributed by atoms with van der Waals surface area (Å²) in [4.78, 5) is 2.39. The average molecular weight is 369 g/mol. The highest BCUT2D eigenvalue weighted by atomic mass is 16.5. The average Bonchev–Trinajstić information content (AvgIpc) is 2.68. The molecule has 2 aliphatic rings. The molecule has 1 heterocycles. The SMILES string of the molecule is CCCOc1c(OC)cc2c3c1CCN(C)[C@@H]3Cc1ccc(OC)c(O)c1-2. The van der Waals surface area contributed by atoms with Crippen molar-refractivity contribution < 1.29 is 19.3 Å². The van der Waals surface area contributed by atoms with Crippen LogP contribution in [0.3, 0.4) is 0 Å². The van der Waals surface area contributed by atoms with Crippen LogP contribution in [-0.2, 0) is 12.8 Å². The fourth-order valence-corrected chi connectivity index (χ4v) is 4.44. The Morgan fingerprint density at radius 3 is 2.67 bits per heavy atom. The van der Waals surface area contributed by atoms with E-state index in [4.69, 9.17) is 14.2 Å². The highest BCUT2D eigenvalue weighted by Gasteiger charge is 2.37. The van der Waals surface area contributed by atoms with Crippen LogP contribution >= 0.6 is 0 Å². The van der Waals surface area contributed by atoms with Gasteiger partial charge in [-0.25, -0.2) is 0 Å². The number of hydrogen-bond acceptors (Lipinski definition) is 5. The molecule has 0 fully saturated rings. The second-order valence-corrected chi connectivity index (χ2v) is 7.30. The molecule has 0 amide bonds. The third-order valence-corrected chi connectivity index (χ3v) is 5.77. The van der Waals surface area contributed by atoms with Gasteiger partial charge in [-0.05, 0) is 55.1 Å². The fraction of sp³-hybridized carbons (Fsp3) is 0.455. The zero-order chi connectivity index (χ0) is 19.1. The first-order valence-electron chi connectivity index (χ1n) is 9.56. The predicted octanol–water partition coefficient (Wildman–Crippen LogP) is 3.95. The van der Waals surface area contributed by atoms with Crippen LogP contribution in [0.5, 0.6) is 23.0 Å². The molecule has 1 N–H and O–H groups in total. The number of fused-ring (bicyclic) bond motifs is 2. The molecule has 1 aliphatic carbocycles. The van der Waals surface area contributed by atoms with Gasteiger partial charge >= 0.3 is 0 Å². The second-order valence-electron chi connectivity index (χ2n) is 7.30. The Morgan fingerprint density at radius 1 is 1.19 bits per heavy atom. The van der Waals surface area contributed by atoms with E-state index >= 15 is 0 Å². The van der Waals surface area contributed by atoms with E-state index in [0.717, 1.165) is 54.0 Å². The number of aromatic hydroxyl groups is 1. The Hall–Kier alpha value is -2.40. The lowest BCUT2D eigenvalue weighted by Gasteiger charge is -2.40. The summed E-state index contributed by atoms with van der Waals surface area (Å²) in [5, 5.41) is 10.9. The van der Waals surface area contributed by atoms with Crippen LogP contribution in [-0.4, -0.2) is 44.4 Å². The number of nitrogens with zero attached hydrogens (tertiary/aromatic N) is 1. The number of phenols is 1. The van der Waals surface area contributed by atoms with Gasteiger partial charge in [0.05, 0.1) is 20.8 Å². The molecule has 1 atom stereocenters. The van der Waals surface area contributed by atoms with Crippen molar-refractivity contribution in [2.45, 2.75) is 32.2 Å². The molecule has 0 aromatic heterocycles. The summed E-state index contributed by atoms with van der Waals surface area (Å²) in [5.41, 5.74) is 5.49. The first kappa shape index (κ1) is 18.0. The first-order chi connectivity index (χ1) is 13.1. The maximum Gasteiger partial charge on any atom is 0.165 e. The monoisotopic (exact) mass is 369 g/mol. The Kier molecular flexibility index (Phi) is 4.64. The van der Waals surface area contributed by atoms with Gasteiger partial charge in [0.1, 0.15) is 0 Å². The summed E-state index contributed by atoms with van der Waals surface area (Å²) in [6.07, 6.45) is 2.72. The summed E-state index contributed by atoms with van der Waals surface area (Å²) in [7, 11) is 5.43. The summed E-state index contributed by atoms with van der Waals surface area (Å²) >= 11 is 0. The molecule has 0 unspecified atom stereocenters. The molecule has 2 aromatic rings. The third-order valence-electron chi connectivity index (χ3n) is 5.77. The van der Waals surface area contributed by atoms with Gasteiger partial charge in [0, 0.05) is 23.7 Å². The lowest BCUT2D eigenvalue weighted by Crippen LogP contribution is -2.36. The normalized spacial score (nSPS) is 17.9. The maximum atomic E-state index is 10.9. The minimum Gasteiger partial charge on any atom is -0.504 e. The smallest absolute Gasteiger partial charge is 0.165 e. The van der Waals surface area contributed by atoms with Crippen LogP contribution in [0.4, 0.5) is 0 Å². The largest absolute Gasteiger partial charge is 0.504 e. The van der Waals surface area contributed by atoms with Crippen molar-refractivity contribution in [3.8, 4) is 34.1 Å². The van der Waals surface area contributed by atoms with Crippen LogP contribution < -0.4 is 14.2 Å². The van der Waals surface area contributed by atoms with Gasteiger partial charge in [0.2, 0.25) is 0 Å². The van der Waals surface area contributed by atoms with E-state index in [0.29, 0.717) is 12.4 Å². The Bertz CT molecular complexity index is 877. The molecule has 1 aliphatic heterocycles. The number of ether oxygens (including phenoxy) is 3. The topological polar surface area (TPSA) is 51.2 Å². The van der Waals surface area contributed by atoms with Crippen molar-refractivity contribution in [1.82, 2.24) is 4.90 Å². The molecular formula is C22H27NO4. The number of benzene rings is 2. The predicted molar refractivity (Wildman–Crippen MR) is 105 cm³/mol.